The van der Waals surface area contributed by atoms with Crippen LogP contribution in [-0.2, 0) is 9.53 Å². The average Bonchev–Trinajstić information content (AvgIpc) is 2.45. The minimum Gasteiger partial charge on any atom is -0.452 e. The number of carbonyl (C=O) groups excluding carboxylic acids is 2. The molecule has 116 valence electrons. The van der Waals surface area contributed by atoms with Crippen LogP contribution in [0, 0.1) is 0 Å². The molecular formula is C16H24N2O3. The molecule has 1 amide bonds. The largest absolute Gasteiger partial charge is 0.452 e. The van der Waals surface area contributed by atoms with Crippen LogP contribution in [0.25, 0.3) is 0 Å². The number of nitrogens with zero attached hydrogens (tertiary/aromatic N) is 1. The number of hydrogen-bond acceptors (Lipinski definition) is 4. The van der Waals surface area contributed by atoms with E-state index in [4.69, 9.17) is 4.74 Å². The van der Waals surface area contributed by atoms with Gasteiger partial charge in [0.1, 0.15) is 0 Å². The van der Waals surface area contributed by atoms with Crippen LogP contribution in [0.3, 0.4) is 0 Å². The Bertz CT molecular complexity index is 469. The molecule has 1 aromatic carbocycles. The smallest absolute Gasteiger partial charge is 0.338 e. The molecule has 1 atom stereocenters. The maximum Gasteiger partial charge on any atom is 0.338 e. The molecular weight excluding hydrogens is 268 g/mol. The van der Waals surface area contributed by atoms with E-state index in [1.807, 2.05) is 38.1 Å². The summed E-state index contributed by atoms with van der Waals surface area (Å²) in [6.07, 6.45) is 1.91. The lowest BCUT2D eigenvalue weighted by Crippen LogP contribution is -2.35. The second-order valence-electron chi connectivity index (χ2n) is 5.27. The molecule has 0 radical (unpaired) electrons. The van der Waals surface area contributed by atoms with Gasteiger partial charge >= 0.3 is 5.97 Å². The Balaban J connectivity index is 2.44. The monoisotopic (exact) mass is 292 g/mol. The van der Waals surface area contributed by atoms with Crippen molar-refractivity contribution in [3.63, 3.8) is 0 Å². The number of carbonyl (C=O) groups is 2. The highest BCUT2D eigenvalue weighted by molar-refractivity contribution is 5.91. The first kappa shape index (κ1) is 17.0. The van der Waals surface area contributed by atoms with Gasteiger partial charge in [-0.25, -0.2) is 4.79 Å². The third-order valence-corrected chi connectivity index (χ3v) is 3.08. The highest BCUT2D eigenvalue weighted by Crippen LogP contribution is 2.12. The third-order valence-electron chi connectivity index (χ3n) is 3.08. The zero-order valence-electron chi connectivity index (χ0n) is 13.2. The van der Waals surface area contributed by atoms with Gasteiger partial charge in [0.2, 0.25) is 0 Å². The predicted octanol–water partition coefficient (Wildman–Crippen LogP) is 2.21. The summed E-state index contributed by atoms with van der Waals surface area (Å²) in [4.78, 5) is 25.4. The zero-order valence-corrected chi connectivity index (χ0v) is 13.2. The number of rotatable bonds is 7. The molecule has 1 aromatic rings. The summed E-state index contributed by atoms with van der Waals surface area (Å²) in [7, 11) is 3.85. The molecule has 5 nitrogen and oxygen atoms in total. The molecule has 0 saturated heterocycles. The van der Waals surface area contributed by atoms with Crippen molar-refractivity contribution in [1.29, 1.82) is 0 Å². The fraction of sp³-hybridized carbons (Fsp3) is 0.500. The summed E-state index contributed by atoms with van der Waals surface area (Å²) in [5.74, 6) is -0.757. The van der Waals surface area contributed by atoms with E-state index in [0.717, 1.165) is 18.5 Å². The molecule has 0 saturated carbocycles. The second kappa shape index (κ2) is 8.29. The zero-order chi connectivity index (χ0) is 15.8. The van der Waals surface area contributed by atoms with E-state index in [0.29, 0.717) is 5.56 Å². The van der Waals surface area contributed by atoms with Gasteiger partial charge in [0.15, 0.2) is 6.61 Å². The quantitative estimate of drug-likeness (QED) is 0.783. The van der Waals surface area contributed by atoms with Crippen LogP contribution in [0.15, 0.2) is 24.3 Å². The van der Waals surface area contributed by atoms with E-state index >= 15 is 0 Å². The number of benzene rings is 1. The lowest BCUT2D eigenvalue weighted by molar-refractivity contribution is -0.124. The topological polar surface area (TPSA) is 58.6 Å². The van der Waals surface area contributed by atoms with Crippen molar-refractivity contribution in [2.45, 2.75) is 32.7 Å². The van der Waals surface area contributed by atoms with Crippen LogP contribution in [0.2, 0.25) is 0 Å². The SMILES string of the molecule is CCC[C@@H](C)NC(=O)COC(=O)c1ccc(N(C)C)cc1. The number of amides is 1. The molecule has 0 aliphatic carbocycles. The van der Waals surface area contributed by atoms with Crippen molar-refractivity contribution in [1.82, 2.24) is 5.32 Å². The van der Waals surface area contributed by atoms with Crippen LogP contribution in [0.5, 0.6) is 0 Å². The van der Waals surface area contributed by atoms with Crippen LogP contribution >= 0.6 is 0 Å². The van der Waals surface area contributed by atoms with Crippen molar-refractivity contribution in [2.75, 3.05) is 25.6 Å². The minimum atomic E-state index is -0.487. The van der Waals surface area contributed by atoms with Crippen molar-refractivity contribution < 1.29 is 14.3 Å². The Hall–Kier alpha value is -2.04. The average molecular weight is 292 g/mol. The molecule has 0 aromatic heterocycles. The first-order valence-corrected chi connectivity index (χ1v) is 7.18. The molecule has 0 bridgehead atoms. The van der Waals surface area contributed by atoms with Crippen LogP contribution in [-0.4, -0.2) is 38.6 Å². The Kier molecular flexibility index (Phi) is 6.72. The van der Waals surface area contributed by atoms with Gasteiger partial charge in [-0.05, 0) is 37.6 Å². The Morgan fingerprint density at radius 2 is 1.86 bits per heavy atom. The van der Waals surface area contributed by atoms with E-state index in [1.54, 1.807) is 12.1 Å². The molecule has 1 N–H and O–H groups in total. The standard InChI is InChI=1S/C16H24N2O3/c1-5-6-12(2)17-15(19)11-21-16(20)13-7-9-14(10-8-13)18(3)4/h7-10,12H,5-6,11H2,1-4H3,(H,17,19)/t12-/m1/s1. The lowest BCUT2D eigenvalue weighted by atomic mass is 10.2. The highest BCUT2D eigenvalue weighted by Gasteiger charge is 2.12. The van der Waals surface area contributed by atoms with Gasteiger partial charge in [-0.15, -0.1) is 0 Å². The Morgan fingerprint density at radius 3 is 2.38 bits per heavy atom. The van der Waals surface area contributed by atoms with E-state index in [-0.39, 0.29) is 18.6 Å². The summed E-state index contributed by atoms with van der Waals surface area (Å²) in [6.45, 7) is 3.74. The number of esters is 1. The van der Waals surface area contributed by atoms with Gasteiger partial charge < -0.3 is 15.0 Å². The molecule has 0 spiro atoms. The van der Waals surface area contributed by atoms with Gasteiger partial charge in [0.25, 0.3) is 5.91 Å². The van der Waals surface area contributed by atoms with E-state index in [9.17, 15) is 9.59 Å². The molecule has 0 fully saturated rings. The van der Waals surface area contributed by atoms with Gasteiger partial charge in [-0.3, -0.25) is 4.79 Å². The second-order valence-corrected chi connectivity index (χ2v) is 5.27. The summed E-state index contributed by atoms with van der Waals surface area (Å²) >= 11 is 0. The van der Waals surface area contributed by atoms with Gasteiger partial charge in [-0.2, -0.15) is 0 Å². The summed E-state index contributed by atoms with van der Waals surface area (Å²) < 4.78 is 5.00. The molecule has 0 heterocycles. The highest BCUT2D eigenvalue weighted by atomic mass is 16.5. The molecule has 0 unspecified atom stereocenters. The first-order chi connectivity index (χ1) is 9.93. The van der Waals surface area contributed by atoms with Crippen LogP contribution < -0.4 is 10.2 Å². The number of anilines is 1. The van der Waals surface area contributed by atoms with Crippen LogP contribution in [0.4, 0.5) is 5.69 Å². The number of ether oxygens (including phenoxy) is 1. The summed E-state index contributed by atoms with van der Waals surface area (Å²) in [6, 6.07) is 7.14. The van der Waals surface area contributed by atoms with Crippen molar-refractivity contribution >= 4 is 17.6 Å². The third kappa shape index (κ3) is 5.85. The predicted molar refractivity (Wildman–Crippen MR) is 83.6 cm³/mol. The molecule has 1 rings (SSSR count). The van der Waals surface area contributed by atoms with E-state index in [2.05, 4.69) is 12.2 Å². The maximum absolute atomic E-state index is 11.8. The molecule has 0 aliphatic rings. The lowest BCUT2D eigenvalue weighted by Gasteiger charge is -2.13. The van der Waals surface area contributed by atoms with Crippen molar-refractivity contribution in [3.05, 3.63) is 29.8 Å². The Morgan fingerprint density at radius 1 is 1.24 bits per heavy atom. The Labute approximate surface area is 126 Å². The fourth-order valence-corrected chi connectivity index (χ4v) is 1.93. The fourth-order valence-electron chi connectivity index (χ4n) is 1.93. The normalized spacial score (nSPS) is 11.6. The van der Waals surface area contributed by atoms with Crippen molar-refractivity contribution in [3.8, 4) is 0 Å². The minimum absolute atomic E-state index is 0.0978. The maximum atomic E-state index is 11.8. The van der Waals surface area contributed by atoms with Crippen molar-refractivity contribution in [2.24, 2.45) is 0 Å². The van der Waals surface area contributed by atoms with Crippen LogP contribution in [0.1, 0.15) is 37.0 Å². The summed E-state index contributed by atoms with van der Waals surface area (Å²) in [5.41, 5.74) is 1.44. The van der Waals surface area contributed by atoms with Gasteiger partial charge in [-0.1, -0.05) is 13.3 Å². The number of hydrogen-bond donors (Lipinski definition) is 1. The first-order valence-electron chi connectivity index (χ1n) is 7.18. The molecule has 21 heavy (non-hydrogen) atoms. The summed E-state index contributed by atoms with van der Waals surface area (Å²) in [5, 5.41) is 2.79. The van der Waals surface area contributed by atoms with Gasteiger partial charge in [0.05, 0.1) is 5.56 Å². The van der Waals surface area contributed by atoms with Gasteiger partial charge in [0, 0.05) is 25.8 Å². The molecule has 0 aliphatic heterocycles. The molecule has 5 heteroatoms. The van der Waals surface area contributed by atoms with E-state index in [1.165, 1.54) is 0 Å². The van der Waals surface area contributed by atoms with E-state index < -0.39 is 5.97 Å². The number of nitrogens with one attached hydrogen (secondary N) is 1.